The first kappa shape index (κ1) is 17.7. The van der Waals surface area contributed by atoms with Crippen LogP contribution in [0.15, 0.2) is 36.4 Å². The lowest BCUT2D eigenvalue weighted by Crippen LogP contribution is -2.10. The first-order valence-corrected chi connectivity index (χ1v) is 6.94. The molecule has 0 aliphatic rings. The second kappa shape index (κ2) is 8.79. The normalized spacial score (nSPS) is 9.77. The van der Waals surface area contributed by atoms with Crippen LogP contribution in [0.25, 0.3) is 10.8 Å². The Hall–Kier alpha value is -2.40. The molecule has 5 nitrogen and oxygen atoms in total. The summed E-state index contributed by atoms with van der Waals surface area (Å²) in [5.74, 6) is 0.138. The van der Waals surface area contributed by atoms with Crippen molar-refractivity contribution < 1.29 is 19.4 Å². The zero-order valence-electron chi connectivity index (χ0n) is 12.8. The minimum absolute atomic E-state index is 0.236. The van der Waals surface area contributed by atoms with E-state index in [2.05, 4.69) is 23.9 Å². The highest BCUT2D eigenvalue weighted by molar-refractivity contribution is 5.84. The van der Waals surface area contributed by atoms with Crippen molar-refractivity contribution in [1.29, 1.82) is 0 Å². The number of rotatable bonds is 5. The standard InChI is InChI=1S/C15H16O2.C2H5NO2/c1-11(16)3-4-12-5-6-14-10-15(17-2)8-7-13(14)9-12;3-1-2(4)5/h5-10H,3-4H2,1-2H3;1,3H2,(H,4,5). The molecule has 0 heterocycles. The van der Waals surface area contributed by atoms with Gasteiger partial charge in [-0.15, -0.1) is 0 Å². The van der Waals surface area contributed by atoms with Gasteiger partial charge >= 0.3 is 5.97 Å². The second-order valence-corrected chi connectivity index (χ2v) is 4.85. The third kappa shape index (κ3) is 5.93. The summed E-state index contributed by atoms with van der Waals surface area (Å²) in [6.45, 7) is 1.35. The largest absolute Gasteiger partial charge is 0.497 e. The lowest BCUT2D eigenvalue weighted by atomic mass is 10.0. The summed E-state index contributed by atoms with van der Waals surface area (Å²) < 4.78 is 5.19. The maximum atomic E-state index is 10.9. The van der Waals surface area contributed by atoms with Crippen LogP contribution in [0.3, 0.4) is 0 Å². The summed E-state index contributed by atoms with van der Waals surface area (Å²) in [6, 6.07) is 12.3. The van der Waals surface area contributed by atoms with E-state index >= 15 is 0 Å². The number of ether oxygens (including phenoxy) is 1. The number of carbonyl (C=O) groups is 2. The molecule has 0 saturated carbocycles. The molecule has 2 aromatic rings. The highest BCUT2D eigenvalue weighted by Gasteiger charge is 2.00. The SMILES string of the molecule is COc1ccc2cc(CCC(C)=O)ccc2c1.NCC(=O)O. The molecule has 3 N–H and O–H groups in total. The molecular weight excluding hydrogens is 282 g/mol. The molecule has 0 radical (unpaired) electrons. The van der Waals surface area contributed by atoms with E-state index < -0.39 is 5.97 Å². The molecule has 0 bridgehead atoms. The van der Waals surface area contributed by atoms with Crippen molar-refractivity contribution in [2.75, 3.05) is 13.7 Å². The Morgan fingerprint density at radius 3 is 2.27 bits per heavy atom. The highest BCUT2D eigenvalue weighted by Crippen LogP contribution is 2.22. The van der Waals surface area contributed by atoms with Gasteiger partial charge in [0.2, 0.25) is 0 Å². The second-order valence-electron chi connectivity index (χ2n) is 4.85. The van der Waals surface area contributed by atoms with Crippen LogP contribution in [0.2, 0.25) is 0 Å². The van der Waals surface area contributed by atoms with E-state index in [1.54, 1.807) is 14.0 Å². The fourth-order valence-electron chi connectivity index (χ4n) is 1.88. The molecule has 2 aromatic carbocycles. The third-order valence-electron chi connectivity index (χ3n) is 3.05. The number of fused-ring (bicyclic) bond motifs is 1. The Kier molecular flexibility index (Phi) is 7.05. The van der Waals surface area contributed by atoms with Crippen molar-refractivity contribution in [2.45, 2.75) is 19.8 Å². The molecule has 0 saturated heterocycles. The molecule has 0 aliphatic carbocycles. The molecule has 0 unspecified atom stereocenters. The number of carboxylic acid groups (broad SMARTS) is 1. The van der Waals surface area contributed by atoms with Crippen LogP contribution in [0, 0.1) is 0 Å². The number of methoxy groups -OCH3 is 1. The average Bonchev–Trinajstić information content (AvgIpc) is 2.52. The highest BCUT2D eigenvalue weighted by atomic mass is 16.5. The lowest BCUT2D eigenvalue weighted by Gasteiger charge is -2.05. The number of aliphatic carboxylic acids is 1. The van der Waals surface area contributed by atoms with Gasteiger partial charge in [-0.05, 0) is 41.8 Å². The Labute approximate surface area is 129 Å². The first-order valence-electron chi connectivity index (χ1n) is 6.94. The van der Waals surface area contributed by atoms with Crippen LogP contribution in [0.1, 0.15) is 18.9 Å². The minimum atomic E-state index is -0.968. The van der Waals surface area contributed by atoms with Crippen molar-refractivity contribution in [1.82, 2.24) is 0 Å². The van der Waals surface area contributed by atoms with Crippen molar-refractivity contribution in [3.05, 3.63) is 42.0 Å². The summed E-state index contributed by atoms with van der Waals surface area (Å²) in [5.41, 5.74) is 5.78. The van der Waals surface area contributed by atoms with Crippen molar-refractivity contribution in [2.24, 2.45) is 5.73 Å². The Morgan fingerprint density at radius 2 is 1.73 bits per heavy atom. The summed E-state index contributed by atoms with van der Waals surface area (Å²) in [7, 11) is 1.67. The number of hydrogen-bond donors (Lipinski definition) is 2. The number of carbonyl (C=O) groups excluding carboxylic acids is 1. The van der Waals surface area contributed by atoms with Gasteiger partial charge in [-0.2, -0.15) is 0 Å². The monoisotopic (exact) mass is 303 g/mol. The molecule has 118 valence electrons. The van der Waals surface area contributed by atoms with E-state index in [1.165, 1.54) is 10.9 Å². The minimum Gasteiger partial charge on any atom is -0.497 e. The zero-order chi connectivity index (χ0) is 16.5. The Bertz CT molecular complexity index is 652. The first-order chi connectivity index (χ1) is 10.5. The van der Waals surface area contributed by atoms with Gasteiger partial charge in [-0.1, -0.05) is 24.3 Å². The molecule has 0 aliphatic heterocycles. The van der Waals surface area contributed by atoms with Gasteiger partial charge in [0.05, 0.1) is 13.7 Å². The molecule has 0 fully saturated rings. The van der Waals surface area contributed by atoms with Crippen LogP contribution in [0.5, 0.6) is 5.75 Å². The van der Waals surface area contributed by atoms with E-state index in [0.717, 1.165) is 17.6 Å². The van der Waals surface area contributed by atoms with Crippen LogP contribution >= 0.6 is 0 Å². The molecule has 0 amide bonds. The zero-order valence-corrected chi connectivity index (χ0v) is 12.8. The molecule has 0 aromatic heterocycles. The predicted octanol–water partition coefficient (Wildman–Crippen LogP) is 2.40. The van der Waals surface area contributed by atoms with Crippen molar-refractivity contribution in [3.63, 3.8) is 0 Å². The van der Waals surface area contributed by atoms with Crippen LogP contribution < -0.4 is 10.5 Å². The van der Waals surface area contributed by atoms with Gasteiger partial charge in [0.1, 0.15) is 11.5 Å². The molecular formula is C17H21NO4. The fraction of sp³-hybridized carbons (Fsp3) is 0.294. The average molecular weight is 303 g/mol. The summed E-state index contributed by atoms with van der Waals surface area (Å²) in [4.78, 5) is 20.2. The molecule has 0 spiro atoms. The summed E-state index contributed by atoms with van der Waals surface area (Å²) >= 11 is 0. The molecule has 5 heteroatoms. The Balaban J connectivity index is 0.000000422. The van der Waals surface area contributed by atoms with E-state index in [1.807, 2.05) is 18.2 Å². The number of carboxylic acids is 1. The number of aryl methyl sites for hydroxylation is 1. The van der Waals surface area contributed by atoms with Gasteiger partial charge in [0.25, 0.3) is 0 Å². The predicted molar refractivity (Wildman–Crippen MR) is 86.2 cm³/mol. The van der Waals surface area contributed by atoms with Crippen molar-refractivity contribution >= 4 is 22.5 Å². The van der Waals surface area contributed by atoms with Gasteiger partial charge in [-0.25, -0.2) is 0 Å². The van der Waals surface area contributed by atoms with Gasteiger partial charge in [0.15, 0.2) is 0 Å². The fourth-order valence-corrected chi connectivity index (χ4v) is 1.88. The summed E-state index contributed by atoms with van der Waals surface area (Å²) in [5, 5.41) is 9.95. The smallest absolute Gasteiger partial charge is 0.317 e. The van der Waals surface area contributed by atoms with E-state index in [0.29, 0.717) is 6.42 Å². The third-order valence-corrected chi connectivity index (χ3v) is 3.05. The molecule has 2 rings (SSSR count). The van der Waals surface area contributed by atoms with E-state index in [9.17, 15) is 9.59 Å². The van der Waals surface area contributed by atoms with Crippen LogP contribution in [-0.4, -0.2) is 30.5 Å². The number of benzene rings is 2. The quantitative estimate of drug-likeness (QED) is 0.885. The maximum absolute atomic E-state index is 10.9. The van der Waals surface area contributed by atoms with Gasteiger partial charge in [0, 0.05) is 6.42 Å². The number of Topliss-reactive ketones (excluding diaryl/α,β-unsaturated/α-hetero) is 1. The number of nitrogens with two attached hydrogens (primary N) is 1. The Morgan fingerprint density at radius 1 is 1.14 bits per heavy atom. The number of ketones is 1. The molecule has 0 atom stereocenters. The lowest BCUT2D eigenvalue weighted by molar-refractivity contribution is -0.135. The van der Waals surface area contributed by atoms with Gasteiger partial charge in [-0.3, -0.25) is 4.79 Å². The van der Waals surface area contributed by atoms with Crippen LogP contribution in [0.4, 0.5) is 0 Å². The van der Waals surface area contributed by atoms with Gasteiger partial charge < -0.3 is 20.4 Å². The van der Waals surface area contributed by atoms with Crippen LogP contribution in [-0.2, 0) is 16.0 Å². The number of hydrogen-bond acceptors (Lipinski definition) is 4. The topological polar surface area (TPSA) is 89.6 Å². The molecule has 22 heavy (non-hydrogen) atoms. The maximum Gasteiger partial charge on any atom is 0.317 e. The summed E-state index contributed by atoms with van der Waals surface area (Å²) in [6.07, 6.45) is 1.43. The van der Waals surface area contributed by atoms with E-state index in [-0.39, 0.29) is 12.3 Å². The van der Waals surface area contributed by atoms with Crippen molar-refractivity contribution in [3.8, 4) is 5.75 Å². The van der Waals surface area contributed by atoms with E-state index in [4.69, 9.17) is 9.84 Å².